The topological polar surface area (TPSA) is 78.6 Å². The molecular formula is C14H12BrN2O3S2-. The lowest BCUT2D eigenvalue weighted by Gasteiger charge is -2.08. The van der Waals surface area contributed by atoms with Crippen LogP contribution in [0.4, 0.5) is 5.69 Å². The summed E-state index contributed by atoms with van der Waals surface area (Å²) in [7, 11) is 0. The molecule has 116 valence electrons. The lowest BCUT2D eigenvalue weighted by molar-refractivity contribution is -0.385. The molecule has 0 unspecified atom stereocenters. The van der Waals surface area contributed by atoms with Gasteiger partial charge in [0.15, 0.2) is 0 Å². The first-order valence-corrected chi connectivity index (χ1v) is 9.10. The Labute approximate surface area is 144 Å². The molecule has 2 aromatic rings. The van der Waals surface area contributed by atoms with E-state index in [-0.39, 0.29) is 17.0 Å². The van der Waals surface area contributed by atoms with Gasteiger partial charge in [-0.25, -0.2) is 0 Å². The molecule has 1 aromatic heterocycles. The molecule has 0 fully saturated rings. The Kier molecular flexibility index (Phi) is 6.41. The van der Waals surface area contributed by atoms with Crippen LogP contribution in [-0.2, 0) is 5.75 Å². The Morgan fingerprint density at radius 2 is 2.18 bits per heavy atom. The zero-order valence-electron chi connectivity index (χ0n) is 11.4. The van der Waals surface area contributed by atoms with Crippen molar-refractivity contribution in [3.63, 3.8) is 0 Å². The van der Waals surface area contributed by atoms with E-state index in [0.29, 0.717) is 6.54 Å². The van der Waals surface area contributed by atoms with Crippen molar-refractivity contribution in [3.8, 4) is 5.75 Å². The Morgan fingerprint density at radius 3 is 2.86 bits per heavy atom. The standard InChI is InChI=1S/C14H13BrN2O3S2/c15-14-4-2-12(22-14)9-21-6-5-16-8-10-7-11(17(19)20)1-3-13(10)18/h1-4,7-8,18H,5-6,9H2/p-1. The molecule has 0 amide bonds. The summed E-state index contributed by atoms with van der Waals surface area (Å²) >= 11 is 6.89. The van der Waals surface area contributed by atoms with E-state index in [1.54, 1.807) is 23.1 Å². The first kappa shape index (κ1) is 17.0. The normalized spacial score (nSPS) is 11.1. The van der Waals surface area contributed by atoms with Crippen molar-refractivity contribution in [3.05, 3.63) is 54.7 Å². The Hall–Kier alpha value is -1.38. The van der Waals surface area contributed by atoms with Crippen molar-refractivity contribution in [1.82, 2.24) is 0 Å². The van der Waals surface area contributed by atoms with Gasteiger partial charge in [-0.05, 0) is 33.6 Å². The molecule has 1 aromatic carbocycles. The highest BCUT2D eigenvalue weighted by atomic mass is 79.9. The van der Waals surface area contributed by atoms with E-state index >= 15 is 0 Å². The molecule has 0 saturated carbocycles. The summed E-state index contributed by atoms with van der Waals surface area (Å²) in [5.74, 6) is 1.50. The second kappa shape index (κ2) is 8.30. The summed E-state index contributed by atoms with van der Waals surface area (Å²) in [5, 5.41) is 22.2. The van der Waals surface area contributed by atoms with Gasteiger partial charge in [0.25, 0.3) is 5.69 Å². The number of nitro benzene ring substituents is 1. The smallest absolute Gasteiger partial charge is 0.270 e. The summed E-state index contributed by atoms with van der Waals surface area (Å²) in [4.78, 5) is 15.6. The molecule has 0 spiro atoms. The molecule has 0 saturated heterocycles. The van der Waals surface area contributed by atoms with E-state index in [9.17, 15) is 15.2 Å². The fraction of sp³-hybridized carbons (Fsp3) is 0.214. The number of thiophene rings is 1. The first-order chi connectivity index (χ1) is 10.6. The van der Waals surface area contributed by atoms with Crippen LogP contribution in [0.5, 0.6) is 5.75 Å². The van der Waals surface area contributed by atoms with Crippen LogP contribution in [0.25, 0.3) is 0 Å². The fourth-order valence-electron chi connectivity index (χ4n) is 1.63. The summed E-state index contributed by atoms with van der Waals surface area (Å²) in [6.07, 6.45) is 1.41. The minimum atomic E-state index is -0.522. The van der Waals surface area contributed by atoms with E-state index in [1.165, 1.54) is 29.3 Å². The van der Waals surface area contributed by atoms with E-state index in [4.69, 9.17) is 0 Å². The number of nitro groups is 1. The lowest BCUT2D eigenvalue weighted by Crippen LogP contribution is -1.98. The predicted octanol–water partition coefficient (Wildman–Crippen LogP) is 3.84. The highest BCUT2D eigenvalue weighted by Crippen LogP contribution is 2.25. The van der Waals surface area contributed by atoms with Crippen LogP contribution in [-0.4, -0.2) is 23.4 Å². The molecule has 0 aliphatic heterocycles. The average molecular weight is 400 g/mol. The summed E-state index contributed by atoms with van der Waals surface area (Å²) < 4.78 is 1.12. The van der Waals surface area contributed by atoms with Crippen LogP contribution in [0.3, 0.4) is 0 Å². The van der Waals surface area contributed by atoms with Crippen molar-refractivity contribution in [2.24, 2.45) is 4.99 Å². The van der Waals surface area contributed by atoms with Gasteiger partial charge in [0.1, 0.15) is 0 Å². The Bertz CT molecular complexity index is 688. The highest BCUT2D eigenvalue weighted by molar-refractivity contribution is 9.11. The van der Waals surface area contributed by atoms with Gasteiger partial charge >= 0.3 is 0 Å². The molecular weight excluding hydrogens is 388 g/mol. The predicted molar refractivity (Wildman–Crippen MR) is 93.2 cm³/mol. The highest BCUT2D eigenvalue weighted by Gasteiger charge is 2.05. The van der Waals surface area contributed by atoms with Gasteiger partial charge < -0.3 is 5.11 Å². The number of aliphatic imine (C=N–C) groups is 1. The number of thioether (sulfide) groups is 1. The molecule has 0 aliphatic carbocycles. The van der Waals surface area contributed by atoms with Crippen LogP contribution in [0.15, 0.2) is 39.1 Å². The number of hydrogen-bond donors (Lipinski definition) is 0. The molecule has 2 rings (SSSR count). The van der Waals surface area contributed by atoms with Crippen LogP contribution >= 0.6 is 39.0 Å². The van der Waals surface area contributed by atoms with Gasteiger partial charge in [-0.1, -0.05) is 11.8 Å². The molecule has 1 heterocycles. The second-order valence-corrected chi connectivity index (χ2v) is 7.93. The van der Waals surface area contributed by atoms with Crippen LogP contribution < -0.4 is 5.11 Å². The van der Waals surface area contributed by atoms with Gasteiger partial charge in [-0.3, -0.25) is 15.1 Å². The van der Waals surface area contributed by atoms with Crippen molar-refractivity contribution < 1.29 is 10.0 Å². The summed E-state index contributed by atoms with van der Waals surface area (Å²) in [6.45, 7) is 0.569. The number of nitrogens with zero attached hydrogens (tertiary/aromatic N) is 2. The molecule has 0 bridgehead atoms. The van der Waals surface area contributed by atoms with E-state index < -0.39 is 4.92 Å². The molecule has 22 heavy (non-hydrogen) atoms. The van der Waals surface area contributed by atoms with Gasteiger partial charge in [0, 0.05) is 41.3 Å². The maximum atomic E-state index is 11.6. The van der Waals surface area contributed by atoms with Gasteiger partial charge in [-0.2, -0.15) is 11.8 Å². The molecule has 0 aliphatic rings. The molecule has 0 N–H and O–H groups in total. The van der Waals surface area contributed by atoms with Gasteiger partial charge in [-0.15, -0.1) is 11.3 Å². The molecule has 5 nitrogen and oxygen atoms in total. The monoisotopic (exact) mass is 399 g/mol. The van der Waals surface area contributed by atoms with Crippen molar-refractivity contribution in [1.29, 1.82) is 0 Å². The van der Waals surface area contributed by atoms with Crippen LogP contribution in [0.2, 0.25) is 0 Å². The minimum absolute atomic E-state index is 0.0984. The molecule has 0 atom stereocenters. The second-order valence-electron chi connectivity index (χ2n) is 4.27. The third-order valence-corrected chi connectivity index (χ3v) is 5.47. The van der Waals surface area contributed by atoms with Crippen molar-refractivity contribution in [2.75, 3.05) is 12.3 Å². The Balaban J connectivity index is 1.80. The van der Waals surface area contributed by atoms with E-state index in [1.807, 2.05) is 6.07 Å². The van der Waals surface area contributed by atoms with Crippen molar-refractivity contribution in [2.45, 2.75) is 5.75 Å². The first-order valence-electron chi connectivity index (χ1n) is 6.33. The third-order valence-electron chi connectivity index (χ3n) is 2.67. The zero-order valence-corrected chi connectivity index (χ0v) is 14.6. The van der Waals surface area contributed by atoms with Gasteiger partial charge in [0.05, 0.1) is 8.71 Å². The Morgan fingerprint density at radius 1 is 1.36 bits per heavy atom. The zero-order chi connectivity index (χ0) is 15.9. The number of non-ortho nitro benzene ring substituents is 1. The quantitative estimate of drug-likeness (QED) is 0.306. The summed E-state index contributed by atoms with van der Waals surface area (Å²) in [5.41, 5.74) is 0.153. The largest absolute Gasteiger partial charge is 0.872 e. The van der Waals surface area contributed by atoms with Crippen LogP contribution in [0, 0.1) is 10.1 Å². The number of halogens is 1. The average Bonchev–Trinajstić information content (AvgIpc) is 2.89. The number of hydrogen-bond acceptors (Lipinski definition) is 6. The maximum absolute atomic E-state index is 11.6. The molecule has 0 radical (unpaired) electrons. The van der Waals surface area contributed by atoms with E-state index in [0.717, 1.165) is 15.3 Å². The van der Waals surface area contributed by atoms with E-state index in [2.05, 4.69) is 27.0 Å². The number of benzene rings is 1. The SMILES string of the molecule is O=[N+]([O-])c1ccc([O-])c(C=NCCSCc2ccc(Br)s2)c1. The van der Waals surface area contributed by atoms with Crippen molar-refractivity contribution >= 4 is 50.9 Å². The minimum Gasteiger partial charge on any atom is -0.872 e. The maximum Gasteiger partial charge on any atom is 0.270 e. The van der Waals surface area contributed by atoms with Crippen LogP contribution in [0.1, 0.15) is 10.4 Å². The third kappa shape index (κ3) is 5.11. The lowest BCUT2D eigenvalue weighted by atomic mass is 10.2. The number of rotatable bonds is 7. The fourth-order valence-corrected chi connectivity index (χ4v) is 4.07. The van der Waals surface area contributed by atoms with Gasteiger partial charge in [0.2, 0.25) is 0 Å². The molecule has 8 heteroatoms. The summed E-state index contributed by atoms with van der Waals surface area (Å²) in [6, 6.07) is 7.76.